The first-order valence-corrected chi connectivity index (χ1v) is 6.23. The van der Waals surface area contributed by atoms with E-state index in [9.17, 15) is 4.79 Å². The van der Waals surface area contributed by atoms with E-state index in [0.717, 1.165) is 16.9 Å². The summed E-state index contributed by atoms with van der Waals surface area (Å²) in [5.74, 6) is 1.13. The van der Waals surface area contributed by atoms with Gasteiger partial charge in [0.15, 0.2) is 0 Å². The number of nitrogens with one attached hydrogen (secondary N) is 1. The number of aryl methyl sites for hydroxylation is 1. The minimum atomic E-state index is 0.0748. The summed E-state index contributed by atoms with van der Waals surface area (Å²) in [5.41, 5.74) is 4.64. The van der Waals surface area contributed by atoms with Gasteiger partial charge in [-0.15, -0.1) is 0 Å². The molecule has 1 unspecified atom stereocenters. The van der Waals surface area contributed by atoms with E-state index in [4.69, 9.17) is 4.74 Å². The van der Waals surface area contributed by atoms with E-state index >= 15 is 0 Å². The number of hydrogen-bond donors (Lipinski definition) is 1. The van der Waals surface area contributed by atoms with E-state index in [1.54, 1.807) is 14.0 Å². The van der Waals surface area contributed by atoms with Gasteiger partial charge < -0.3 is 10.1 Å². The van der Waals surface area contributed by atoms with E-state index in [1.165, 1.54) is 11.1 Å². The molecule has 0 saturated heterocycles. The molecule has 0 amide bonds. The highest BCUT2D eigenvalue weighted by molar-refractivity contribution is 5.76. The molecule has 100 valence electrons. The van der Waals surface area contributed by atoms with Crippen molar-refractivity contribution in [3.63, 3.8) is 0 Å². The summed E-state index contributed by atoms with van der Waals surface area (Å²) >= 11 is 0. The molecule has 18 heavy (non-hydrogen) atoms. The van der Waals surface area contributed by atoms with Gasteiger partial charge in [-0.1, -0.05) is 6.07 Å². The minimum absolute atomic E-state index is 0.0748. The fourth-order valence-electron chi connectivity index (χ4n) is 2.42. The number of benzene rings is 1. The first-order valence-electron chi connectivity index (χ1n) is 6.23. The van der Waals surface area contributed by atoms with Crippen LogP contribution in [-0.4, -0.2) is 19.9 Å². The topological polar surface area (TPSA) is 38.3 Å². The number of rotatable bonds is 5. The van der Waals surface area contributed by atoms with Crippen LogP contribution in [0.2, 0.25) is 0 Å². The van der Waals surface area contributed by atoms with E-state index in [2.05, 4.69) is 25.2 Å². The van der Waals surface area contributed by atoms with Gasteiger partial charge >= 0.3 is 0 Å². The lowest BCUT2D eigenvalue weighted by Crippen LogP contribution is -2.20. The summed E-state index contributed by atoms with van der Waals surface area (Å²) in [5, 5.41) is 3.22. The molecule has 1 aromatic carbocycles. The molecule has 0 aromatic heterocycles. The number of methoxy groups -OCH3 is 1. The number of ether oxygens (including phenoxy) is 1. The average Bonchev–Trinajstić information content (AvgIpc) is 2.31. The quantitative estimate of drug-likeness (QED) is 0.872. The first kappa shape index (κ1) is 14.7. The Hall–Kier alpha value is -1.35. The molecule has 0 radical (unpaired) electrons. The van der Waals surface area contributed by atoms with Gasteiger partial charge in [-0.25, -0.2) is 0 Å². The smallest absolute Gasteiger partial charge is 0.131 e. The van der Waals surface area contributed by atoms with Crippen LogP contribution in [0.3, 0.4) is 0 Å². The van der Waals surface area contributed by atoms with Crippen LogP contribution in [-0.2, 0) is 4.79 Å². The third kappa shape index (κ3) is 2.91. The van der Waals surface area contributed by atoms with Crippen LogP contribution in [0.25, 0.3) is 0 Å². The SMILES string of the molecule is CNC(CC(C)=O)c1cc(C)c(OC)c(C)c1C. The molecule has 1 atom stereocenters. The van der Waals surface area contributed by atoms with E-state index in [0.29, 0.717) is 6.42 Å². The molecule has 0 fully saturated rings. The van der Waals surface area contributed by atoms with Gasteiger partial charge in [-0.3, -0.25) is 4.79 Å². The van der Waals surface area contributed by atoms with E-state index < -0.39 is 0 Å². The molecule has 3 heteroatoms. The molecule has 0 aliphatic heterocycles. The summed E-state index contributed by atoms with van der Waals surface area (Å²) in [6.45, 7) is 7.81. The maximum Gasteiger partial charge on any atom is 0.131 e. The Morgan fingerprint density at radius 2 is 1.94 bits per heavy atom. The van der Waals surface area contributed by atoms with Crippen LogP contribution >= 0.6 is 0 Å². The second kappa shape index (κ2) is 6.01. The normalized spacial score (nSPS) is 12.3. The Kier molecular flexibility index (Phi) is 4.91. The zero-order valence-electron chi connectivity index (χ0n) is 12.2. The largest absolute Gasteiger partial charge is 0.496 e. The summed E-state index contributed by atoms with van der Waals surface area (Å²) in [6, 6.07) is 2.19. The second-order valence-corrected chi connectivity index (χ2v) is 4.81. The number of carbonyl (C=O) groups excluding carboxylic acids is 1. The zero-order valence-corrected chi connectivity index (χ0v) is 12.2. The van der Waals surface area contributed by atoms with E-state index in [-0.39, 0.29) is 11.8 Å². The standard InChI is InChI=1S/C15H23NO2/c1-9-7-13(14(16-5)8-10(2)17)11(3)12(4)15(9)18-6/h7,14,16H,8H2,1-6H3. The summed E-state index contributed by atoms with van der Waals surface area (Å²) in [4.78, 5) is 11.3. The van der Waals surface area contributed by atoms with Crippen LogP contribution in [0, 0.1) is 20.8 Å². The van der Waals surface area contributed by atoms with Gasteiger partial charge in [0.25, 0.3) is 0 Å². The summed E-state index contributed by atoms with van der Waals surface area (Å²) in [7, 11) is 3.58. The minimum Gasteiger partial charge on any atom is -0.496 e. The van der Waals surface area contributed by atoms with Gasteiger partial charge in [0.05, 0.1) is 7.11 Å². The Morgan fingerprint density at radius 1 is 1.33 bits per heavy atom. The lowest BCUT2D eigenvalue weighted by atomic mass is 9.91. The lowest BCUT2D eigenvalue weighted by molar-refractivity contribution is -0.117. The highest BCUT2D eigenvalue weighted by Gasteiger charge is 2.18. The molecule has 0 bridgehead atoms. The van der Waals surface area contributed by atoms with Crippen LogP contribution in [0.5, 0.6) is 5.75 Å². The van der Waals surface area contributed by atoms with Crippen LogP contribution < -0.4 is 10.1 Å². The van der Waals surface area contributed by atoms with Gasteiger partial charge in [0, 0.05) is 12.5 Å². The summed E-state index contributed by atoms with van der Waals surface area (Å²) < 4.78 is 5.42. The second-order valence-electron chi connectivity index (χ2n) is 4.81. The third-order valence-electron chi connectivity index (χ3n) is 3.49. The van der Waals surface area contributed by atoms with Crippen molar-refractivity contribution in [2.24, 2.45) is 0 Å². The van der Waals surface area contributed by atoms with Crippen molar-refractivity contribution in [2.75, 3.05) is 14.2 Å². The van der Waals surface area contributed by atoms with Crippen LogP contribution in [0.15, 0.2) is 6.07 Å². The Balaban J connectivity index is 3.28. The van der Waals surface area contributed by atoms with Gasteiger partial charge in [-0.2, -0.15) is 0 Å². The van der Waals surface area contributed by atoms with Crippen LogP contribution in [0.4, 0.5) is 0 Å². The highest BCUT2D eigenvalue weighted by Crippen LogP contribution is 2.32. The fourth-order valence-corrected chi connectivity index (χ4v) is 2.42. The van der Waals surface area contributed by atoms with Crippen molar-refractivity contribution < 1.29 is 9.53 Å². The molecule has 0 saturated carbocycles. The van der Waals surface area contributed by atoms with Crippen LogP contribution in [0.1, 0.15) is 41.6 Å². The number of ketones is 1. The van der Waals surface area contributed by atoms with Crippen molar-refractivity contribution >= 4 is 5.78 Å². The Labute approximate surface area is 110 Å². The molecule has 0 aliphatic carbocycles. The van der Waals surface area contributed by atoms with Gasteiger partial charge in [-0.05, 0) is 57.0 Å². The predicted octanol–water partition coefficient (Wildman–Crippen LogP) is 2.86. The molecular weight excluding hydrogens is 226 g/mol. The molecule has 1 rings (SSSR count). The zero-order chi connectivity index (χ0) is 13.9. The van der Waals surface area contributed by atoms with Crippen molar-refractivity contribution in [1.82, 2.24) is 5.32 Å². The molecule has 0 aliphatic rings. The Morgan fingerprint density at radius 3 is 2.39 bits per heavy atom. The van der Waals surface area contributed by atoms with Crippen molar-refractivity contribution in [3.8, 4) is 5.75 Å². The molecule has 0 spiro atoms. The maximum atomic E-state index is 11.3. The van der Waals surface area contributed by atoms with Gasteiger partial charge in [0.2, 0.25) is 0 Å². The van der Waals surface area contributed by atoms with Crippen molar-refractivity contribution in [3.05, 3.63) is 28.3 Å². The monoisotopic (exact) mass is 249 g/mol. The number of Topliss-reactive ketones (excluding diaryl/α,β-unsaturated/α-hetero) is 1. The Bertz CT molecular complexity index is 452. The van der Waals surface area contributed by atoms with Crippen molar-refractivity contribution in [2.45, 2.75) is 40.2 Å². The number of carbonyl (C=O) groups is 1. The molecule has 1 aromatic rings. The predicted molar refractivity (Wildman–Crippen MR) is 74.3 cm³/mol. The average molecular weight is 249 g/mol. The highest BCUT2D eigenvalue weighted by atomic mass is 16.5. The molecular formula is C15H23NO2. The molecule has 1 N–H and O–H groups in total. The molecule has 0 heterocycles. The lowest BCUT2D eigenvalue weighted by Gasteiger charge is -2.22. The summed E-state index contributed by atoms with van der Waals surface area (Å²) in [6.07, 6.45) is 0.516. The third-order valence-corrected chi connectivity index (χ3v) is 3.49. The molecule has 3 nitrogen and oxygen atoms in total. The van der Waals surface area contributed by atoms with Gasteiger partial charge in [0.1, 0.15) is 11.5 Å². The first-order chi connectivity index (χ1) is 8.42. The maximum absolute atomic E-state index is 11.3. The number of hydrogen-bond acceptors (Lipinski definition) is 3. The van der Waals surface area contributed by atoms with Crippen molar-refractivity contribution in [1.29, 1.82) is 0 Å². The van der Waals surface area contributed by atoms with E-state index in [1.807, 2.05) is 14.0 Å². The fraction of sp³-hybridized carbons (Fsp3) is 0.533.